The van der Waals surface area contributed by atoms with E-state index in [4.69, 9.17) is 9.47 Å². The lowest BCUT2D eigenvalue weighted by molar-refractivity contribution is 0.0733. The number of anilines is 1. The van der Waals surface area contributed by atoms with E-state index >= 15 is 0 Å². The van der Waals surface area contributed by atoms with Crippen molar-refractivity contribution in [2.24, 2.45) is 0 Å². The lowest BCUT2D eigenvalue weighted by Gasteiger charge is -2.20. The molecule has 4 rings (SSSR count). The molecule has 3 aromatic carbocycles. The van der Waals surface area contributed by atoms with Crippen molar-refractivity contribution >= 4 is 23.5 Å². The Bertz CT molecular complexity index is 1230. The third kappa shape index (κ3) is 4.51. The van der Waals surface area contributed by atoms with E-state index in [2.05, 4.69) is 18.7 Å². The molecule has 0 aromatic heterocycles. The smallest absolute Gasteiger partial charge is 0.343 e. The number of ether oxygens (including phenoxy) is 2. The third-order valence-electron chi connectivity index (χ3n) is 5.64. The zero-order valence-corrected chi connectivity index (χ0v) is 18.7. The van der Waals surface area contributed by atoms with E-state index in [0.29, 0.717) is 16.9 Å². The molecule has 1 heterocycles. The average Bonchev–Trinajstić information content (AvgIpc) is 3.14. The molecular formula is C27H24FNO4. The molecular weight excluding hydrogens is 421 g/mol. The fraction of sp³-hybridized carbons (Fsp3) is 0.185. The first-order valence-corrected chi connectivity index (χ1v) is 10.8. The molecule has 0 fully saturated rings. The maximum atomic E-state index is 13.1. The standard InChI is InChI=1S/C27H24FNO4/c1-4-29(5-2)21-12-6-18(7-13-21)16-24-25(30)22-14-15-23(17(3)26(22)32-24)33-27(31)19-8-10-20(28)11-9-19/h6-16H,4-5H2,1-3H3/b24-16-. The number of hydrogen-bond donors (Lipinski definition) is 0. The molecule has 1 aliphatic heterocycles. The van der Waals surface area contributed by atoms with Crippen molar-refractivity contribution in [3.63, 3.8) is 0 Å². The van der Waals surface area contributed by atoms with Gasteiger partial charge in [0.05, 0.1) is 11.1 Å². The Balaban J connectivity index is 1.55. The highest BCUT2D eigenvalue weighted by molar-refractivity contribution is 6.15. The second-order valence-corrected chi connectivity index (χ2v) is 7.67. The van der Waals surface area contributed by atoms with Crippen molar-refractivity contribution in [3.05, 3.63) is 94.5 Å². The number of fused-ring (bicyclic) bond motifs is 1. The summed E-state index contributed by atoms with van der Waals surface area (Å²) < 4.78 is 24.4. The van der Waals surface area contributed by atoms with Gasteiger partial charge in [0.25, 0.3) is 0 Å². The van der Waals surface area contributed by atoms with E-state index in [0.717, 1.165) is 24.3 Å². The molecule has 33 heavy (non-hydrogen) atoms. The molecule has 168 valence electrons. The maximum Gasteiger partial charge on any atom is 0.343 e. The first kappa shape index (κ1) is 22.3. The number of halogens is 1. The Morgan fingerprint density at radius 1 is 1.00 bits per heavy atom. The lowest BCUT2D eigenvalue weighted by atomic mass is 10.1. The summed E-state index contributed by atoms with van der Waals surface area (Å²) in [6.45, 7) is 7.77. The fourth-order valence-corrected chi connectivity index (χ4v) is 3.74. The van der Waals surface area contributed by atoms with E-state index in [-0.39, 0.29) is 22.9 Å². The molecule has 0 N–H and O–H groups in total. The van der Waals surface area contributed by atoms with Crippen LogP contribution in [-0.2, 0) is 0 Å². The summed E-state index contributed by atoms with van der Waals surface area (Å²) in [6, 6.07) is 16.2. The monoisotopic (exact) mass is 445 g/mol. The molecule has 0 spiro atoms. The summed E-state index contributed by atoms with van der Waals surface area (Å²) in [5.74, 6) is -0.417. The van der Waals surface area contributed by atoms with Crippen molar-refractivity contribution in [1.82, 2.24) is 0 Å². The van der Waals surface area contributed by atoms with Crippen molar-refractivity contribution in [2.75, 3.05) is 18.0 Å². The largest absolute Gasteiger partial charge is 0.452 e. The van der Waals surface area contributed by atoms with E-state index in [1.54, 1.807) is 25.1 Å². The van der Waals surface area contributed by atoms with Crippen molar-refractivity contribution < 1.29 is 23.5 Å². The number of Topliss-reactive ketones (excluding diaryl/α,β-unsaturated/α-hetero) is 1. The van der Waals surface area contributed by atoms with E-state index in [1.165, 1.54) is 24.3 Å². The average molecular weight is 445 g/mol. The van der Waals surface area contributed by atoms with Crippen LogP contribution in [0, 0.1) is 12.7 Å². The normalized spacial score (nSPS) is 13.6. The van der Waals surface area contributed by atoms with Gasteiger partial charge in [-0.3, -0.25) is 4.79 Å². The van der Waals surface area contributed by atoms with Gasteiger partial charge >= 0.3 is 5.97 Å². The molecule has 6 heteroatoms. The zero-order chi connectivity index (χ0) is 23.5. The summed E-state index contributed by atoms with van der Waals surface area (Å²) >= 11 is 0. The molecule has 0 saturated carbocycles. The molecule has 1 aliphatic rings. The predicted molar refractivity (Wildman–Crippen MR) is 125 cm³/mol. The zero-order valence-electron chi connectivity index (χ0n) is 18.7. The maximum absolute atomic E-state index is 13.1. The number of allylic oxidation sites excluding steroid dienone is 1. The summed E-state index contributed by atoms with van der Waals surface area (Å²) in [6.07, 6.45) is 1.71. The van der Waals surface area contributed by atoms with Gasteiger partial charge < -0.3 is 14.4 Å². The Morgan fingerprint density at radius 2 is 1.67 bits per heavy atom. The number of rotatable bonds is 6. The van der Waals surface area contributed by atoms with Gasteiger partial charge in [0.2, 0.25) is 5.78 Å². The number of carbonyl (C=O) groups is 2. The summed E-state index contributed by atoms with van der Waals surface area (Å²) in [5.41, 5.74) is 3.15. The number of nitrogens with zero attached hydrogens (tertiary/aromatic N) is 1. The van der Waals surface area contributed by atoms with Crippen LogP contribution < -0.4 is 14.4 Å². The topological polar surface area (TPSA) is 55.8 Å². The highest BCUT2D eigenvalue weighted by Gasteiger charge is 2.30. The third-order valence-corrected chi connectivity index (χ3v) is 5.64. The van der Waals surface area contributed by atoms with E-state index in [1.807, 2.05) is 24.3 Å². The van der Waals surface area contributed by atoms with Gasteiger partial charge in [0, 0.05) is 24.3 Å². The molecule has 0 amide bonds. The van der Waals surface area contributed by atoms with Gasteiger partial charge in [0.1, 0.15) is 17.3 Å². The molecule has 0 aliphatic carbocycles. The van der Waals surface area contributed by atoms with Crippen LogP contribution in [0.15, 0.2) is 66.4 Å². The Kier molecular flexibility index (Phi) is 6.27. The minimum atomic E-state index is -0.619. The van der Waals surface area contributed by atoms with Gasteiger partial charge in [-0.2, -0.15) is 0 Å². The Morgan fingerprint density at radius 3 is 2.30 bits per heavy atom. The van der Waals surface area contributed by atoms with Gasteiger partial charge in [-0.25, -0.2) is 9.18 Å². The molecule has 3 aromatic rings. The molecule has 0 unspecified atom stereocenters. The van der Waals surface area contributed by atoms with Crippen LogP contribution in [0.3, 0.4) is 0 Å². The number of benzene rings is 3. The van der Waals surface area contributed by atoms with Gasteiger partial charge in [-0.15, -0.1) is 0 Å². The minimum Gasteiger partial charge on any atom is -0.452 e. The van der Waals surface area contributed by atoms with E-state index in [9.17, 15) is 14.0 Å². The molecule has 5 nitrogen and oxygen atoms in total. The summed E-state index contributed by atoms with van der Waals surface area (Å²) in [4.78, 5) is 27.5. The Hall–Kier alpha value is -3.93. The van der Waals surface area contributed by atoms with Crippen LogP contribution in [0.1, 0.15) is 45.7 Å². The second-order valence-electron chi connectivity index (χ2n) is 7.67. The van der Waals surface area contributed by atoms with Crippen LogP contribution >= 0.6 is 0 Å². The van der Waals surface area contributed by atoms with Crippen molar-refractivity contribution in [3.8, 4) is 11.5 Å². The minimum absolute atomic E-state index is 0.214. The summed E-state index contributed by atoms with van der Waals surface area (Å²) in [7, 11) is 0. The van der Waals surface area contributed by atoms with Gasteiger partial charge in [-0.05, 0) is 80.9 Å². The van der Waals surface area contributed by atoms with Crippen molar-refractivity contribution in [2.45, 2.75) is 20.8 Å². The van der Waals surface area contributed by atoms with Crippen molar-refractivity contribution in [1.29, 1.82) is 0 Å². The summed E-state index contributed by atoms with van der Waals surface area (Å²) in [5, 5.41) is 0. The molecule has 0 radical (unpaired) electrons. The molecule has 0 saturated heterocycles. The SMILES string of the molecule is CCN(CC)c1ccc(/C=C2\Oc3c(ccc(OC(=O)c4ccc(F)cc4)c3C)C2=O)cc1. The van der Waals surface area contributed by atoms with Gasteiger partial charge in [0.15, 0.2) is 5.76 Å². The van der Waals surface area contributed by atoms with Crippen LogP contribution in [0.25, 0.3) is 6.08 Å². The number of esters is 1. The molecule has 0 atom stereocenters. The van der Waals surface area contributed by atoms with Crippen LogP contribution in [-0.4, -0.2) is 24.8 Å². The van der Waals surface area contributed by atoms with Gasteiger partial charge in [-0.1, -0.05) is 12.1 Å². The fourth-order valence-electron chi connectivity index (χ4n) is 3.74. The van der Waals surface area contributed by atoms with Crippen LogP contribution in [0.2, 0.25) is 0 Å². The van der Waals surface area contributed by atoms with E-state index < -0.39 is 11.8 Å². The van der Waals surface area contributed by atoms with Crippen LogP contribution in [0.4, 0.5) is 10.1 Å². The number of carbonyl (C=O) groups excluding carboxylic acids is 2. The number of ketones is 1. The van der Waals surface area contributed by atoms with Crippen LogP contribution in [0.5, 0.6) is 11.5 Å². The highest BCUT2D eigenvalue weighted by Crippen LogP contribution is 2.39. The highest BCUT2D eigenvalue weighted by atomic mass is 19.1. The quantitative estimate of drug-likeness (QED) is 0.272. The lowest BCUT2D eigenvalue weighted by Crippen LogP contribution is -2.21. The number of hydrogen-bond acceptors (Lipinski definition) is 5. The Labute approximate surface area is 192 Å². The first-order chi connectivity index (χ1) is 15.9. The first-order valence-electron chi connectivity index (χ1n) is 10.8. The molecule has 0 bridgehead atoms. The predicted octanol–water partition coefficient (Wildman–Crippen LogP) is 5.82. The second kappa shape index (κ2) is 9.28.